The van der Waals surface area contributed by atoms with Crippen molar-refractivity contribution < 1.29 is 18.3 Å². The summed E-state index contributed by atoms with van der Waals surface area (Å²) in [5.74, 6) is -2.48. The van der Waals surface area contributed by atoms with Crippen LogP contribution < -0.4 is 10.6 Å². The number of thioether (sulfide) groups is 1. The van der Waals surface area contributed by atoms with Gasteiger partial charge in [-0.1, -0.05) is 31.2 Å². The molecule has 0 bridgehead atoms. The third kappa shape index (κ3) is 8.84. The molecule has 4 nitrogen and oxygen atoms in total. The molecule has 0 atom stereocenters. The number of hydrogen-bond donors (Lipinski definition) is 2. The number of anilines is 1. The Morgan fingerprint density at radius 1 is 1.32 bits per heavy atom. The first-order chi connectivity index (χ1) is 10.6. The van der Waals surface area contributed by atoms with Gasteiger partial charge >= 0.3 is 6.03 Å². The van der Waals surface area contributed by atoms with E-state index in [2.05, 4.69) is 17.6 Å². The van der Waals surface area contributed by atoms with Crippen LogP contribution in [-0.4, -0.2) is 31.5 Å². The molecule has 0 unspecified atom stereocenters. The first kappa shape index (κ1) is 18.7. The minimum Gasteiger partial charge on any atom is -0.381 e. The number of urea groups is 1. The second kappa shape index (κ2) is 11.3. The number of hydrogen-bond acceptors (Lipinski definition) is 3. The number of halogens is 2. The molecule has 1 aromatic carbocycles. The fourth-order valence-electron chi connectivity index (χ4n) is 1.65. The quantitative estimate of drug-likeness (QED) is 0.495. The van der Waals surface area contributed by atoms with Gasteiger partial charge in [0.05, 0.1) is 0 Å². The molecule has 2 amide bonds. The smallest absolute Gasteiger partial charge is 0.319 e. The molecule has 124 valence electrons. The molecule has 0 spiro atoms. The molecule has 7 heteroatoms. The van der Waals surface area contributed by atoms with Crippen molar-refractivity contribution in [2.75, 3.05) is 25.1 Å². The first-order valence-electron chi connectivity index (χ1n) is 7.29. The van der Waals surface area contributed by atoms with E-state index in [1.807, 2.05) is 0 Å². The monoisotopic (exact) mass is 332 g/mol. The number of unbranched alkanes of at least 4 members (excludes halogenated alkanes) is 1. The average molecular weight is 332 g/mol. The lowest BCUT2D eigenvalue weighted by molar-refractivity contribution is 0.129. The zero-order valence-corrected chi connectivity index (χ0v) is 13.4. The van der Waals surface area contributed by atoms with Crippen LogP contribution in [0.1, 0.15) is 26.2 Å². The Kier molecular flexibility index (Phi) is 9.57. The summed E-state index contributed by atoms with van der Waals surface area (Å²) in [6, 6.07) is 6.02. The topological polar surface area (TPSA) is 50.4 Å². The highest BCUT2D eigenvalue weighted by atomic mass is 32.2. The van der Waals surface area contributed by atoms with Gasteiger partial charge in [-0.15, -0.1) is 0 Å². The van der Waals surface area contributed by atoms with E-state index in [-0.39, 0.29) is 6.03 Å². The van der Waals surface area contributed by atoms with Crippen LogP contribution in [0.3, 0.4) is 0 Å². The highest BCUT2D eigenvalue weighted by molar-refractivity contribution is 7.99. The number of carbonyl (C=O) groups excluding carboxylic acids is 1. The molecular formula is C15H22F2N2O2S. The van der Waals surface area contributed by atoms with E-state index in [0.29, 0.717) is 35.5 Å². The molecular weight excluding hydrogens is 310 g/mol. The summed E-state index contributed by atoms with van der Waals surface area (Å²) >= 11 is 0.449. The van der Waals surface area contributed by atoms with Crippen molar-refractivity contribution in [1.29, 1.82) is 0 Å². The molecule has 0 aliphatic carbocycles. The van der Waals surface area contributed by atoms with Crippen molar-refractivity contribution >= 4 is 23.5 Å². The van der Waals surface area contributed by atoms with E-state index in [4.69, 9.17) is 4.74 Å². The molecule has 2 N–H and O–H groups in total. The summed E-state index contributed by atoms with van der Waals surface area (Å²) < 4.78 is 29.9. The lowest BCUT2D eigenvalue weighted by atomic mass is 10.3. The van der Waals surface area contributed by atoms with Gasteiger partial charge in [0.2, 0.25) is 0 Å². The lowest BCUT2D eigenvalue weighted by Crippen LogP contribution is -2.30. The molecule has 0 aromatic heterocycles. The normalized spacial score (nSPS) is 10.7. The predicted molar refractivity (Wildman–Crippen MR) is 85.7 cm³/mol. The second-order valence-corrected chi connectivity index (χ2v) is 5.67. The summed E-state index contributed by atoms with van der Waals surface area (Å²) in [6.07, 6.45) is 2.88. The fourth-order valence-corrected chi connectivity index (χ4v) is 2.21. The Balaban J connectivity index is 2.21. The van der Waals surface area contributed by atoms with E-state index in [0.717, 1.165) is 25.9 Å². The Morgan fingerprint density at radius 2 is 2.09 bits per heavy atom. The van der Waals surface area contributed by atoms with Crippen molar-refractivity contribution in [1.82, 2.24) is 5.32 Å². The average Bonchev–Trinajstić information content (AvgIpc) is 2.46. The van der Waals surface area contributed by atoms with Crippen molar-refractivity contribution in [3.63, 3.8) is 0 Å². The summed E-state index contributed by atoms with van der Waals surface area (Å²) in [5, 5.41) is 5.31. The van der Waals surface area contributed by atoms with Crippen LogP contribution in [-0.2, 0) is 4.74 Å². The van der Waals surface area contributed by atoms with E-state index in [1.54, 1.807) is 18.2 Å². The maximum Gasteiger partial charge on any atom is 0.319 e. The van der Waals surface area contributed by atoms with Crippen molar-refractivity contribution in [3.8, 4) is 0 Å². The molecule has 0 aliphatic rings. The van der Waals surface area contributed by atoms with E-state index in [1.165, 1.54) is 6.07 Å². The molecule has 1 rings (SSSR count). The highest BCUT2D eigenvalue weighted by Gasteiger charge is 2.07. The fraction of sp³-hybridized carbons (Fsp3) is 0.533. The van der Waals surface area contributed by atoms with Crippen molar-refractivity contribution in [2.45, 2.75) is 36.8 Å². The number of ether oxygens (including phenoxy) is 1. The third-order valence-corrected chi connectivity index (χ3v) is 3.41. The Labute approximate surface area is 134 Å². The van der Waals surface area contributed by atoms with Crippen LogP contribution in [0.4, 0.5) is 19.3 Å². The summed E-state index contributed by atoms with van der Waals surface area (Å²) in [4.78, 5) is 12.1. The number of rotatable bonds is 10. The minimum absolute atomic E-state index is 0.354. The maximum absolute atomic E-state index is 12.3. The number of carbonyl (C=O) groups is 1. The number of amides is 2. The van der Waals surface area contributed by atoms with Gasteiger partial charge in [-0.2, -0.15) is 8.78 Å². The lowest BCUT2D eigenvalue weighted by Gasteiger charge is -2.09. The summed E-state index contributed by atoms with van der Waals surface area (Å²) in [6.45, 7) is 3.96. The highest BCUT2D eigenvalue weighted by Crippen LogP contribution is 2.27. The molecule has 0 fully saturated rings. The Hall–Kier alpha value is -1.34. The number of alkyl halides is 2. The summed E-state index contributed by atoms with van der Waals surface area (Å²) in [5.41, 5.74) is 0.488. The van der Waals surface area contributed by atoms with E-state index in [9.17, 15) is 13.6 Å². The number of benzene rings is 1. The molecule has 0 heterocycles. The Bertz CT molecular complexity index is 447. The molecule has 22 heavy (non-hydrogen) atoms. The minimum atomic E-state index is -2.48. The largest absolute Gasteiger partial charge is 0.381 e. The van der Waals surface area contributed by atoms with Gasteiger partial charge in [-0.05, 0) is 31.0 Å². The molecule has 0 saturated heterocycles. The zero-order valence-electron chi connectivity index (χ0n) is 12.6. The van der Waals surface area contributed by atoms with Gasteiger partial charge in [0.25, 0.3) is 5.76 Å². The summed E-state index contributed by atoms with van der Waals surface area (Å²) in [7, 11) is 0. The first-order valence-corrected chi connectivity index (χ1v) is 8.17. The zero-order chi connectivity index (χ0) is 16.2. The molecule has 0 aliphatic heterocycles. The SMILES string of the molecule is CCCCOCCCNC(=O)Nc1cccc(SC(F)F)c1. The van der Waals surface area contributed by atoms with Crippen LogP contribution >= 0.6 is 11.8 Å². The van der Waals surface area contributed by atoms with Crippen molar-refractivity contribution in [2.24, 2.45) is 0 Å². The van der Waals surface area contributed by atoms with Gasteiger partial charge in [0.1, 0.15) is 0 Å². The second-order valence-electron chi connectivity index (χ2n) is 4.61. The third-order valence-electron chi connectivity index (χ3n) is 2.71. The standard InChI is InChI=1S/C15H22F2N2O2S/c1-2-3-9-21-10-5-8-18-15(20)19-12-6-4-7-13(11-12)22-14(16)17/h4,6-7,11,14H,2-3,5,8-10H2,1H3,(H2,18,19,20). The number of nitrogens with one attached hydrogen (secondary N) is 2. The van der Waals surface area contributed by atoms with Gasteiger partial charge < -0.3 is 15.4 Å². The predicted octanol–water partition coefficient (Wildman–Crippen LogP) is 4.33. The molecule has 1 aromatic rings. The van der Waals surface area contributed by atoms with Crippen LogP contribution in [0, 0.1) is 0 Å². The van der Waals surface area contributed by atoms with Crippen LogP contribution in [0.5, 0.6) is 0 Å². The maximum atomic E-state index is 12.3. The molecule has 0 radical (unpaired) electrons. The van der Waals surface area contributed by atoms with E-state index >= 15 is 0 Å². The van der Waals surface area contributed by atoms with Crippen molar-refractivity contribution in [3.05, 3.63) is 24.3 Å². The van der Waals surface area contributed by atoms with Crippen LogP contribution in [0.2, 0.25) is 0 Å². The van der Waals surface area contributed by atoms with Gasteiger partial charge in [-0.25, -0.2) is 4.79 Å². The molecule has 0 saturated carbocycles. The van der Waals surface area contributed by atoms with Gasteiger partial charge in [-0.3, -0.25) is 0 Å². The van der Waals surface area contributed by atoms with Gasteiger partial charge in [0.15, 0.2) is 0 Å². The van der Waals surface area contributed by atoms with Crippen LogP contribution in [0.15, 0.2) is 29.2 Å². The van der Waals surface area contributed by atoms with Crippen LogP contribution in [0.25, 0.3) is 0 Å². The van der Waals surface area contributed by atoms with Gasteiger partial charge in [0, 0.05) is 30.3 Å². The van der Waals surface area contributed by atoms with E-state index < -0.39 is 5.76 Å². The Morgan fingerprint density at radius 3 is 2.82 bits per heavy atom.